The molecule has 0 heterocycles. The lowest BCUT2D eigenvalue weighted by molar-refractivity contribution is 0.300. The van der Waals surface area contributed by atoms with Crippen molar-refractivity contribution in [1.82, 2.24) is 0 Å². The summed E-state index contributed by atoms with van der Waals surface area (Å²) < 4.78 is 5.44. The summed E-state index contributed by atoms with van der Waals surface area (Å²) >= 11 is 1.71. The number of methoxy groups -OCH3 is 1. The quantitative estimate of drug-likeness (QED) is 0.835. The van der Waals surface area contributed by atoms with Crippen molar-refractivity contribution in [2.24, 2.45) is 5.73 Å². The first-order valence-corrected chi connectivity index (χ1v) is 7.43. The van der Waals surface area contributed by atoms with Gasteiger partial charge in [0.2, 0.25) is 0 Å². The van der Waals surface area contributed by atoms with Crippen molar-refractivity contribution >= 4 is 11.8 Å². The molecule has 0 unspecified atom stereocenters. The van der Waals surface area contributed by atoms with Gasteiger partial charge in [-0.3, -0.25) is 0 Å². The van der Waals surface area contributed by atoms with Crippen LogP contribution >= 0.6 is 11.8 Å². The van der Waals surface area contributed by atoms with Gasteiger partial charge in [0.15, 0.2) is 0 Å². The number of hydrogen-bond acceptors (Lipinski definition) is 3. The van der Waals surface area contributed by atoms with E-state index in [1.54, 1.807) is 18.9 Å². The normalized spacial score (nSPS) is 19.0. The highest BCUT2D eigenvalue weighted by Crippen LogP contribution is 2.38. The number of hydrogen-bond donors (Lipinski definition) is 1. The van der Waals surface area contributed by atoms with Crippen LogP contribution in [-0.4, -0.2) is 13.4 Å². The third-order valence-electron chi connectivity index (χ3n) is 3.70. The first-order valence-electron chi connectivity index (χ1n) is 6.21. The van der Waals surface area contributed by atoms with Crippen molar-refractivity contribution in [2.45, 2.75) is 42.5 Å². The summed E-state index contributed by atoms with van der Waals surface area (Å²) in [5.41, 5.74) is 7.63. The zero-order valence-corrected chi connectivity index (χ0v) is 11.5. The highest BCUT2D eigenvalue weighted by atomic mass is 32.2. The van der Waals surface area contributed by atoms with Crippen molar-refractivity contribution in [3.05, 3.63) is 23.8 Å². The lowest BCUT2D eigenvalue weighted by atomic mass is 9.77. The average molecular weight is 251 g/mol. The molecule has 0 aliphatic heterocycles. The second-order valence-corrected chi connectivity index (χ2v) is 5.63. The van der Waals surface area contributed by atoms with Crippen LogP contribution in [0.15, 0.2) is 23.1 Å². The van der Waals surface area contributed by atoms with E-state index < -0.39 is 0 Å². The van der Waals surface area contributed by atoms with Gasteiger partial charge in [0.25, 0.3) is 0 Å². The first-order chi connectivity index (χ1) is 8.19. The molecular formula is C14H21NOS. The van der Waals surface area contributed by atoms with Crippen LogP contribution in [0.4, 0.5) is 0 Å². The van der Waals surface area contributed by atoms with E-state index >= 15 is 0 Å². The molecule has 1 aliphatic rings. The fourth-order valence-corrected chi connectivity index (χ4v) is 3.16. The Kier molecular flexibility index (Phi) is 4.00. The zero-order valence-electron chi connectivity index (χ0n) is 10.7. The lowest BCUT2D eigenvalue weighted by Gasteiger charge is -2.34. The van der Waals surface area contributed by atoms with Gasteiger partial charge < -0.3 is 10.5 Å². The Labute approximate surface area is 108 Å². The Bertz CT molecular complexity index is 386. The molecule has 0 aromatic heterocycles. The molecule has 1 fully saturated rings. The van der Waals surface area contributed by atoms with Gasteiger partial charge in [-0.15, -0.1) is 11.8 Å². The highest BCUT2D eigenvalue weighted by molar-refractivity contribution is 7.98. The van der Waals surface area contributed by atoms with Gasteiger partial charge >= 0.3 is 0 Å². The summed E-state index contributed by atoms with van der Waals surface area (Å²) in [6.07, 6.45) is 8.05. The molecule has 3 heteroatoms. The predicted octanol–water partition coefficient (Wildman–Crippen LogP) is 3.54. The van der Waals surface area contributed by atoms with Crippen molar-refractivity contribution < 1.29 is 4.74 Å². The lowest BCUT2D eigenvalue weighted by Crippen LogP contribution is -2.38. The third kappa shape index (κ3) is 2.61. The SMILES string of the molecule is COc1cc(C2(N)CCCCC2)ccc1SC. The molecule has 0 atom stereocenters. The molecule has 0 saturated heterocycles. The monoisotopic (exact) mass is 251 g/mol. The van der Waals surface area contributed by atoms with Gasteiger partial charge in [0, 0.05) is 10.4 Å². The number of thioether (sulfide) groups is 1. The average Bonchev–Trinajstić information content (AvgIpc) is 2.38. The maximum Gasteiger partial charge on any atom is 0.132 e. The molecule has 1 saturated carbocycles. The molecule has 2 N–H and O–H groups in total. The molecule has 0 spiro atoms. The van der Waals surface area contributed by atoms with Crippen LogP contribution in [0.25, 0.3) is 0 Å². The minimum absolute atomic E-state index is 0.136. The third-order valence-corrected chi connectivity index (χ3v) is 4.48. The fourth-order valence-electron chi connectivity index (χ4n) is 2.62. The zero-order chi connectivity index (χ0) is 12.3. The molecule has 2 nitrogen and oxygen atoms in total. The number of nitrogens with two attached hydrogens (primary N) is 1. The van der Waals surface area contributed by atoms with Crippen LogP contribution in [0.1, 0.15) is 37.7 Å². The van der Waals surface area contributed by atoms with Crippen LogP contribution in [-0.2, 0) is 5.54 Å². The summed E-state index contributed by atoms with van der Waals surface area (Å²) in [5, 5.41) is 0. The molecule has 1 aromatic carbocycles. The van der Waals surface area contributed by atoms with Gasteiger partial charge in [-0.25, -0.2) is 0 Å². The van der Waals surface area contributed by atoms with Crippen molar-refractivity contribution in [3.8, 4) is 5.75 Å². The van der Waals surface area contributed by atoms with Crippen molar-refractivity contribution in [3.63, 3.8) is 0 Å². The molecule has 94 valence electrons. The van der Waals surface area contributed by atoms with Gasteiger partial charge in [-0.1, -0.05) is 25.3 Å². The summed E-state index contributed by atoms with van der Waals surface area (Å²) in [7, 11) is 1.73. The maximum atomic E-state index is 6.53. The van der Waals surface area contributed by atoms with Gasteiger partial charge in [-0.05, 0) is 36.8 Å². The predicted molar refractivity (Wildman–Crippen MR) is 73.7 cm³/mol. The van der Waals surface area contributed by atoms with E-state index in [1.807, 2.05) is 0 Å². The van der Waals surface area contributed by atoms with Gasteiger partial charge in [0.05, 0.1) is 7.11 Å². The molecule has 1 aromatic rings. The minimum Gasteiger partial charge on any atom is -0.496 e. The molecule has 0 amide bonds. The maximum absolute atomic E-state index is 6.53. The second kappa shape index (κ2) is 5.32. The minimum atomic E-state index is -0.136. The van der Waals surface area contributed by atoms with E-state index in [9.17, 15) is 0 Å². The Hall–Kier alpha value is -0.670. The van der Waals surface area contributed by atoms with E-state index in [1.165, 1.54) is 29.7 Å². The summed E-state index contributed by atoms with van der Waals surface area (Å²) in [6, 6.07) is 6.42. The number of rotatable bonds is 3. The van der Waals surface area contributed by atoms with E-state index in [4.69, 9.17) is 10.5 Å². The molecule has 1 aliphatic carbocycles. The first kappa shape index (κ1) is 12.8. The summed E-state index contributed by atoms with van der Waals surface area (Å²) in [6.45, 7) is 0. The smallest absolute Gasteiger partial charge is 0.132 e. The van der Waals surface area contributed by atoms with Gasteiger partial charge in [-0.2, -0.15) is 0 Å². The standard InChI is InChI=1S/C14H21NOS/c1-16-12-10-11(6-7-13(12)17-2)14(15)8-4-3-5-9-14/h6-7,10H,3-5,8-9,15H2,1-2H3. The van der Waals surface area contributed by atoms with Crippen LogP contribution in [0, 0.1) is 0 Å². The highest BCUT2D eigenvalue weighted by Gasteiger charge is 2.29. The Balaban J connectivity index is 2.32. The van der Waals surface area contributed by atoms with E-state index in [2.05, 4.69) is 24.5 Å². The summed E-state index contributed by atoms with van der Waals surface area (Å²) in [4.78, 5) is 1.18. The van der Waals surface area contributed by atoms with E-state index in [-0.39, 0.29) is 5.54 Å². The van der Waals surface area contributed by atoms with E-state index in [0.717, 1.165) is 18.6 Å². The fraction of sp³-hybridized carbons (Fsp3) is 0.571. The van der Waals surface area contributed by atoms with Crippen molar-refractivity contribution in [1.29, 1.82) is 0 Å². The molecule has 2 rings (SSSR count). The summed E-state index contributed by atoms with van der Waals surface area (Å²) in [5.74, 6) is 0.949. The Morgan fingerprint density at radius 1 is 1.24 bits per heavy atom. The molecular weight excluding hydrogens is 230 g/mol. The number of benzene rings is 1. The Morgan fingerprint density at radius 2 is 1.94 bits per heavy atom. The van der Waals surface area contributed by atoms with Crippen LogP contribution in [0.3, 0.4) is 0 Å². The van der Waals surface area contributed by atoms with Gasteiger partial charge in [0.1, 0.15) is 5.75 Å². The molecule has 17 heavy (non-hydrogen) atoms. The van der Waals surface area contributed by atoms with Crippen molar-refractivity contribution in [2.75, 3.05) is 13.4 Å². The second-order valence-electron chi connectivity index (χ2n) is 4.79. The largest absolute Gasteiger partial charge is 0.496 e. The van der Waals surface area contributed by atoms with Crippen LogP contribution in [0.5, 0.6) is 5.75 Å². The molecule has 0 radical (unpaired) electrons. The van der Waals surface area contributed by atoms with Crippen LogP contribution in [0.2, 0.25) is 0 Å². The Morgan fingerprint density at radius 3 is 2.53 bits per heavy atom. The topological polar surface area (TPSA) is 35.2 Å². The van der Waals surface area contributed by atoms with E-state index in [0.29, 0.717) is 0 Å². The number of ether oxygens (including phenoxy) is 1. The molecule has 0 bridgehead atoms. The van der Waals surface area contributed by atoms with Crippen LogP contribution < -0.4 is 10.5 Å².